The Hall–Kier alpha value is -2.11. The lowest BCUT2D eigenvalue weighted by atomic mass is 10.1. The van der Waals surface area contributed by atoms with Crippen molar-refractivity contribution in [1.29, 1.82) is 5.26 Å². The molecule has 5 nitrogen and oxygen atoms in total. The van der Waals surface area contributed by atoms with E-state index >= 15 is 0 Å². The van der Waals surface area contributed by atoms with E-state index in [-0.39, 0.29) is 17.8 Å². The SMILES string of the molecule is COC(CN)C(=O)Nc1ccc(C(F)(F)F)cc1C#N. The number of rotatable bonds is 4. The fraction of sp³-hybridized carbons (Fsp3) is 0.333. The van der Waals surface area contributed by atoms with Crippen LogP contribution in [0.15, 0.2) is 18.2 Å². The van der Waals surface area contributed by atoms with E-state index < -0.39 is 23.8 Å². The number of nitrogens with two attached hydrogens (primary N) is 1. The molecule has 0 saturated heterocycles. The molecule has 0 saturated carbocycles. The summed E-state index contributed by atoms with van der Waals surface area (Å²) >= 11 is 0. The molecular formula is C12H12F3N3O2. The first kappa shape index (κ1) is 15.9. The smallest absolute Gasteiger partial charge is 0.370 e. The molecule has 108 valence electrons. The molecule has 0 aliphatic rings. The maximum Gasteiger partial charge on any atom is 0.416 e. The summed E-state index contributed by atoms with van der Waals surface area (Å²) in [7, 11) is 1.27. The van der Waals surface area contributed by atoms with Gasteiger partial charge in [-0.15, -0.1) is 0 Å². The predicted octanol–water partition coefficient (Wildman–Crippen LogP) is 1.49. The summed E-state index contributed by atoms with van der Waals surface area (Å²) in [5.74, 6) is -0.633. The second kappa shape index (κ2) is 6.36. The first-order valence-corrected chi connectivity index (χ1v) is 5.48. The topological polar surface area (TPSA) is 88.1 Å². The van der Waals surface area contributed by atoms with Crippen LogP contribution in [-0.4, -0.2) is 25.7 Å². The number of nitriles is 1. The number of carbonyl (C=O) groups is 1. The molecule has 0 radical (unpaired) electrons. The first-order chi connectivity index (χ1) is 9.33. The van der Waals surface area contributed by atoms with Gasteiger partial charge >= 0.3 is 6.18 Å². The highest BCUT2D eigenvalue weighted by Gasteiger charge is 2.31. The zero-order valence-corrected chi connectivity index (χ0v) is 10.5. The average molecular weight is 287 g/mol. The van der Waals surface area contributed by atoms with Crippen molar-refractivity contribution in [3.63, 3.8) is 0 Å². The normalized spacial score (nSPS) is 12.6. The molecule has 0 fully saturated rings. The van der Waals surface area contributed by atoms with E-state index in [4.69, 9.17) is 15.7 Å². The number of amides is 1. The number of halogens is 3. The number of benzene rings is 1. The van der Waals surface area contributed by atoms with Gasteiger partial charge in [-0.05, 0) is 18.2 Å². The molecular weight excluding hydrogens is 275 g/mol. The number of alkyl halides is 3. The summed E-state index contributed by atoms with van der Waals surface area (Å²) < 4.78 is 42.3. The number of nitrogens with zero attached hydrogens (tertiary/aromatic N) is 1. The molecule has 1 unspecified atom stereocenters. The van der Waals surface area contributed by atoms with Gasteiger partial charge in [-0.2, -0.15) is 18.4 Å². The van der Waals surface area contributed by atoms with Crippen LogP contribution in [0.3, 0.4) is 0 Å². The molecule has 0 spiro atoms. The molecule has 0 bridgehead atoms. The maximum atomic E-state index is 12.5. The van der Waals surface area contributed by atoms with Gasteiger partial charge < -0.3 is 15.8 Å². The van der Waals surface area contributed by atoms with Gasteiger partial charge in [0.05, 0.1) is 16.8 Å². The van der Waals surface area contributed by atoms with Gasteiger partial charge in [-0.3, -0.25) is 4.79 Å². The number of hydrogen-bond donors (Lipinski definition) is 2. The van der Waals surface area contributed by atoms with Gasteiger partial charge in [0.25, 0.3) is 5.91 Å². The molecule has 0 aromatic heterocycles. The molecule has 0 aliphatic heterocycles. The number of hydrogen-bond acceptors (Lipinski definition) is 4. The van der Waals surface area contributed by atoms with E-state index in [0.717, 1.165) is 12.1 Å². The van der Waals surface area contributed by atoms with Crippen molar-refractivity contribution in [3.8, 4) is 6.07 Å². The van der Waals surface area contributed by atoms with Crippen LogP contribution in [0.25, 0.3) is 0 Å². The Labute approximate surface area is 113 Å². The first-order valence-electron chi connectivity index (χ1n) is 5.48. The number of carbonyl (C=O) groups excluding carboxylic acids is 1. The Morgan fingerprint density at radius 2 is 2.20 bits per heavy atom. The quantitative estimate of drug-likeness (QED) is 0.878. The van der Waals surface area contributed by atoms with Crippen molar-refractivity contribution >= 4 is 11.6 Å². The van der Waals surface area contributed by atoms with Crippen LogP contribution >= 0.6 is 0 Å². The van der Waals surface area contributed by atoms with Crippen LogP contribution < -0.4 is 11.1 Å². The van der Waals surface area contributed by atoms with E-state index in [1.165, 1.54) is 7.11 Å². The van der Waals surface area contributed by atoms with Crippen molar-refractivity contribution in [3.05, 3.63) is 29.3 Å². The molecule has 1 atom stereocenters. The number of nitrogens with one attached hydrogen (secondary N) is 1. The van der Waals surface area contributed by atoms with E-state index in [2.05, 4.69) is 5.32 Å². The van der Waals surface area contributed by atoms with Crippen LogP contribution in [0.4, 0.5) is 18.9 Å². The second-order valence-electron chi connectivity index (χ2n) is 3.82. The van der Waals surface area contributed by atoms with Gasteiger partial charge in [0, 0.05) is 13.7 Å². The molecule has 1 aromatic rings. The molecule has 3 N–H and O–H groups in total. The summed E-state index contributed by atoms with van der Waals surface area (Å²) in [6, 6.07) is 4.06. The Bertz CT molecular complexity index is 534. The zero-order chi connectivity index (χ0) is 15.3. The number of anilines is 1. The Morgan fingerprint density at radius 1 is 1.55 bits per heavy atom. The summed E-state index contributed by atoms with van der Waals surface area (Å²) in [5, 5.41) is 11.2. The third-order valence-corrected chi connectivity index (χ3v) is 2.52. The minimum absolute atomic E-state index is 0.0269. The fourth-order valence-corrected chi connectivity index (χ4v) is 1.45. The van der Waals surface area contributed by atoms with E-state index in [1.54, 1.807) is 6.07 Å². The zero-order valence-electron chi connectivity index (χ0n) is 10.5. The van der Waals surface area contributed by atoms with Crippen molar-refractivity contribution < 1.29 is 22.7 Å². The lowest BCUT2D eigenvalue weighted by Crippen LogP contribution is -2.36. The molecule has 1 aromatic carbocycles. The molecule has 0 aliphatic carbocycles. The highest BCUT2D eigenvalue weighted by Crippen LogP contribution is 2.31. The summed E-state index contributed by atoms with van der Waals surface area (Å²) in [6.07, 6.45) is -5.50. The molecule has 20 heavy (non-hydrogen) atoms. The summed E-state index contributed by atoms with van der Waals surface area (Å²) in [5.41, 5.74) is 4.01. The van der Waals surface area contributed by atoms with Crippen molar-refractivity contribution in [2.45, 2.75) is 12.3 Å². The molecule has 8 heteroatoms. The van der Waals surface area contributed by atoms with Crippen LogP contribution in [0, 0.1) is 11.3 Å². The third-order valence-electron chi connectivity index (χ3n) is 2.52. The van der Waals surface area contributed by atoms with Crippen LogP contribution in [0.2, 0.25) is 0 Å². The maximum absolute atomic E-state index is 12.5. The molecule has 0 heterocycles. The van der Waals surface area contributed by atoms with Gasteiger partial charge in [0.15, 0.2) is 0 Å². The standard InChI is InChI=1S/C12H12F3N3O2/c1-20-10(6-17)11(19)18-9-3-2-8(12(13,14)15)4-7(9)5-16/h2-4,10H,6,17H2,1H3,(H,18,19). The Balaban J connectivity index is 3.03. The fourth-order valence-electron chi connectivity index (χ4n) is 1.45. The minimum Gasteiger partial charge on any atom is -0.370 e. The van der Waals surface area contributed by atoms with Crippen molar-refractivity contribution in [1.82, 2.24) is 0 Å². The van der Waals surface area contributed by atoms with E-state index in [0.29, 0.717) is 6.07 Å². The van der Waals surface area contributed by atoms with Crippen molar-refractivity contribution in [2.24, 2.45) is 5.73 Å². The van der Waals surface area contributed by atoms with Crippen LogP contribution in [0.5, 0.6) is 0 Å². The number of methoxy groups -OCH3 is 1. The lowest BCUT2D eigenvalue weighted by molar-refractivity contribution is -0.137. The summed E-state index contributed by atoms with van der Waals surface area (Å²) in [6.45, 7) is -0.0924. The molecule has 1 amide bonds. The van der Waals surface area contributed by atoms with Gasteiger partial charge in [0.2, 0.25) is 0 Å². The van der Waals surface area contributed by atoms with Gasteiger partial charge in [-0.1, -0.05) is 0 Å². The highest BCUT2D eigenvalue weighted by molar-refractivity contribution is 5.95. The molecule has 1 rings (SSSR count). The van der Waals surface area contributed by atoms with Crippen LogP contribution in [0.1, 0.15) is 11.1 Å². The van der Waals surface area contributed by atoms with Crippen molar-refractivity contribution in [2.75, 3.05) is 19.0 Å². The van der Waals surface area contributed by atoms with E-state index in [9.17, 15) is 18.0 Å². The Kier molecular flexibility index (Phi) is 5.07. The largest absolute Gasteiger partial charge is 0.416 e. The summed E-state index contributed by atoms with van der Waals surface area (Å²) in [4.78, 5) is 11.7. The highest BCUT2D eigenvalue weighted by atomic mass is 19.4. The predicted molar refractivity (Wildman–Crippen MR) is 64.6 cm³/mol. The van der Waals surface area contributed by atoms with E-state index in [1.807, 2.05) is 0 Å². The minimum atomic E-state index is -4.56. The third kappa shape index (κ3) is 3.69. The van der Waals surface area contributed by atoms with Gasteiger partial charge in [-0.25, -0.2) is 0 Å². The number of ether oxygens (including phenoxy) is 1. The van der Waals surface area contributed by atoms with Crippen LogP contribution in [-0.2, 0) is 15.7 Å². The lowest BCUT2D eigenvalue weighted by Gasteiger charge is -2.15. The average Bonchev–Trinajstić information content (AvgIpc) is 2.39. The Morgan fingerprint density at radius 3 is 2.65 bits per heavy atom. The van der Waals surface area contributed by atoms with Gasteiger partial charge in [0.1, 0.15) is 12.2 Å². The second-order valence-corrected chi connectivity index (χ2v) is 3.82. The monoisotopic (exact) mass is 287 g/mol.